The van der Waals surface area contributed by atoms with E-state index >= 15 is 0 Å². The highest BCUT2D eigenvalue weighted by Gasteiger charge is 2.26. The number of aliphatic hydroxyl groups excluding tert-OH is 1. The van der Waals surface area contributed by atoms with Crippen molar-refractivity contribution in [3.8, 4) is 0 Å². The molecule has 2 aromatic rings. The first kappa shape index (κ1) is 13.4. The highest BCUT2D eigenvalue weighted by atomic mass is 35.5. The van der Waals surface area contributed by atoms with Crippen molar-refractivity contribution in [3.05, 3.63) is 59.1 Å². The van der Waals surface area contributed by atoms with Gasteiger partial charge in [-0.2, -0.15) is 0 Å². The van der Waals surface area contributed by atoms with E-state index in [4.69, 9.17) is 11.6 Å². The molecule has 0 aliphatic rings. The van der Waals surface area contributed by atoms with Crippen molar-refractivity contribution in [2.45, 2.75) is 6.92 Å². The summed E-state index contributed by atoms with van der Waals surface area (Å²) in [4.78, 5) is 0. The van der Waals surface area contributed by atoms with Gasteiger partial charge in [0.1, 0.15) is 6.35 Å². The van der Waals surface area contributed by atoms with Crippen LogP contribution < -0.4 is 10.6 Å². The van der Waals surface area contributed by atoms with Gasteiger partial charge in [-0.05, 0) is 31.2 Å². The van der Waals surface area contributed by atoms with Crippen LogP contribution in [0.2, 0.25) is 5.02 Å². The molecule has 94 valence electrons. The fraction of sp³-hybridized carbons (Fsp3) is 0.143. The van der Waals surface area contributed by atoms with Gasteiger partial charge >= 0.3 is 0 Å². The lowest BCUT2D eigenvalue weighted by molar-refractivity contribution is 0.362. The summed E-state index contributed by atoms with van der Waals surface area (Å²) in [7, 11) is -2.95. The van der Waals surface area contributed by atoms with Crippen molar-refractivity contribution in [1.82, 2.24) is 0 Å². The second kappa shape index (κ2) is 5.27. The molecule has 18 heavy (non-hydrogen) atoms. The molecule has 2 aromatic carbocycles. The molecule has 0 radical (unpaired) electrons. The molecule has 4 heteroatoms. The zero-order chi connectivity index (χ0) is 13.2. The molecule has 0 bridgehead atoms. The maximum Gasteiger partial charge on any atom is 0.167 e. The molecule has 0 fully saturated rings. The number of aryl methyl sites for hydroxylation is 1. The summed E-state index contributed by atoms with van der Waals surface area (Å²) in [5, 5.41) is 11.4. The molecule has 1 unspecified atom stereocenters. The molecular weight excluding hydrogens is 267 g/mol. The van der Waals surface area contributed by atoms with Gasteiger partial charge in [-0.15, -0.1) is 0 Å². The lowest BCUT2D eigenvalue weighted by Gasteiger charge is -2.16. The summed E-state index contributed by atoms with van der Waals surface area (Å²) in [6, 6.07) is 14.2. The van der Waals surface area contributed by atoms with Crippen LogP contribution in [0.5, 0.6) is 0 Å². The van der Waals surface area contributed by atoms with Crippen molar-refractivity contribution < 1.29 is 9.67 Å². The maximum absolute atomic E-state index is 12.9. The number of benzene rings is 2. The third-order valence-electron chi connectivity index (χ3n) is 2.89. The summed E-state index contributed by atoms with van der Waals surface area (Å²) in [5.74, 6) is 0. The Hall–Kier alpha value is -1.08. The lowest BCUT2D eigenvalue weighted by atomic mass is 10.2. The van der Waals surface area contributed by atoms with Crippen LogP contribution in [0.3, 0.4) is 0 Å². The number of halogens is 1. The van der Waals surface area contributed by atoms with Crippen LogP contribution >= 0.6 is 18.7 Å². The molecule has 0 heterocycles. The van der Waals surface area contributed by atoms with E-state index in [-0.39, 0.29) is 6.35 Å². The van der Waals surface area contributed by atoms with E-state index in [2.05, 4.69) is 0 Å². The second-order valence-corrected chi connectivity index (χ2v) is 7.42. The monoisotopic (exact) mass is 280 g/mol. The molecule has 2 nitrogen and oxygen atoms in total. The van der Waals surface area contributed by atoms with Crippen molar-refractivity contribution in [2.24, 2.45) is 0 Å². The van der Waals surface area contributed by atoms with Crippen LogP contribution in [0.15, 0.2) is 48.5 Å². The van der Waals surface area contributed by atoms with Gasteiger partial charge < -0.3 is 9.67 Å². The Morgan fingerprint density at radius 2 is 1.44 bits per heavy atom. The average Bonchev–Trinajstić information content (AvgIpc) is 2.39. The third kappa shape index (κ3) is 2.51. The summed E-state index contributed by atoms with van der Waals surface area (Å²) in [5.41, 5.74) is 1.10. The second-order valence-electron chi connectivity index (χ2n) is 4.19. The van der Waals surface area contributed by atoms with Gasteiger partial charge in [-0.1, -0.05) is 41.4 Å². The van der Waals surface area contributed by atoms with Crippen LogP contribution in [-0.4, -0.2) is 11.5 Å². The van der Waals surface area contributed by atoms with E-state index < -0.39 is 7.14 Å². The summed E-state index contributed by atoms with van der Waals surface area (Å²) in [6.07, 6.45) is -0.377. The smallest absolute Gasteiger partial charge is 0.167 e. The fourth-order valence-corrected chi connectivity index (χ4v) is 3.79. The SMILES string of the molecule is Cc1ccc(P(=O)(CO)c2ccc(Cl)cc2)cc1. The summed E-state index contributed by atoms with van der Waals surface area (Å²) < 4.78 is 12.9. The van der Waals surface area contributed by atoms with E-state index in [0.29, 0.717) is 15.6 Å². The molecule has 0 saturated carbocycles. The quantitative estimate of drug-likeness (QED) is 0.878. The number of hydrogen-bond donors (Lipinski definition) is 1. The molecule has 1 atom stereocenters. The zero-order valence-corrected chi connectivity index (χ0v) is 11.7. The Bertz CT molecular complexity index is 526. The highest BCUT2D eigenvalue weighted by Crippen LogP contribution is 2.42. The van der Waals surface area contributed by atoms with Gasteiger partial charge in [0, 0.05) is 15.6 Å². The predicted molar refractivity (Wildman–Crippen MR) is 76.6 cm³/mol. The Balaban J connectivity index is 2.51. The third-order valence-corrected chi connectivity index (χ3v) is 5.81. The van der Waals surface area contributed by atoms with E-state index in [0.717, 1.165) is 5.56 Å². The van der Waals surface area contributed by atoms with E-state index in [1.165, 1.54) is 0 Å². The van der Waals surface area contributed by atoms with Crippen molar-refractivity contribution >= 4 is 29.4 Å². The first-order chi connectivity index (χ1) is 8.56. The van der Waals surface area contributed by atoms with Crippen molar-refractivity contribution in [2.75, 3.05) is 6.35 Å². The predicted octanol–water partition coefficient (Wildman–Crippen LogP) is 2.91. The largest absolute Gasteiger partial charge is 0.388 e. The highest BCUT2D eigenvalue weighted by molar-refractivity contribution is 7.78. The van der Waals surface area contributed by atoms with Crippen LogP contribution in [0.1, 0.15) is 5.56 Å². The molecular formula is C14H14ClO2P. The van der Waals surface area contributed by atoms with Crippen LogP contribution in [0.25, 0.3) is 0 Å². The van der Waals surface area contributed by atoms with Gasteiger partial charge in [0.2, 0.25) is 0 Å². The molecule has 0 aromatic heterocycles. The average molecular weight is 281 g/mol. The van der Waals surface area contributed by atoms with E-state index in [9.17, 15) is 9.67 Å². The summed E-state index contributed by atoms with van der Waals surface area (Å²) >= 11 is 5.82. The molecule has 1 N–H and O–H groups in total. The van der Waals surface area contributed by atoms with E-state index in [1.54, 1.807) is 36.4 Å². The minimum atomic E-state index is -2.95. The van der Waals surface area contributed by atoms with Gasteiger partial charge in [0.15, 0.2) is 7.14 Å². The zero-order valence-electron chi connectivity index (χ0n) is 10.0. The Morgan fingerprint density at radius 1 is 1.00 bits per heavy atom. The molecule has 0 aliphatic heterocycles. The van der Waals surface area contributed by atoms with Crippen LogP contribution in [0.4, 0.5) is 0 Å². The Morgan fingerprint density at radius 3 is 1.89 bits per heavy atom. The molecule has 2 rings (SSSR count). The number of aliphatic hydroxyl groups is 1. The molecule has 0 amide bonds. The number of rotatable bonds is 3. The van der Waals surface area contributed by atoms with Gasteiger partial charge in [-0.3, -0.25) is 0 Å². The maximum atomic E-state index is 12.9. The topological polar surface area (TPSA) is 37.3 Å². The first-order valence-corrected chi connectivity index (χ1v) is 7.86. The van der Waals surface area contributed by atoms with Gasteiger partial charge in [0.25, 0.3) is 0 Å². The Labute approximate surface area is 112 Å². The normalized spacial score (nSPS) is 14.2. The van der Waals surface area contributed by atoms with Crippen LogP contribution in [0, 0.1) is 6.92 Å². The molecule has 0 spiro atoms. The number of hydrogen-bond acceptors (Lipinski definition) is 2. The van der Waals surface area contributed by atoms with E-state index in [1.807, 2.05) is 19.1 Å². The minimum absolute atomic E-state index is 0.377. The first-order valence-electron chi connectivity index (χ1n) is 5.59. The van der Waals surface area contributed by atoms with Crippen molar-refractivity contribution in [1.29, 1.82) is 0 Å². The Kier molecular flexibility index (Phi) is 3.91. The standard InChI is InChI=1S/C14H14ClO2P/c1-11-2-6-13(7-3-11)18(17,10-16)14-8-4-12(15)5-9-14/h2-9,16H,10H2,1H3. The lowest BCUT2D eigenvalue weighted by Crippen LogP contribution is -2.18. The van der Waals surface area contributed by atoms with Crippen LogP contribution in [-0.2, 0) is 4.57 Å². The van der Waals surface area contributed by atoms with Gasteiger partial charge in [-0.25, -0.2) is 0 Å². The molecule has 0 aliphatic carbocycles. The van der Waals surface area contributed by atoms with Crippen molar-refractivity contribution in [3.63, 3.8) is 0 Å². The minimum Gasteiger partial charge on any atom is -0.388 e. The fourth-order valence-electron chi connectivity index (χ4n) is 1.78. The van der Waals surface area contributed by atoms with Gasteiger partial charge in [0.05, 0.1) is 0 Å². The molecule has 0 saturated heterocycles. The summed E-state index contributed by atoms with van der Waals surface area (Å²) in [6.45, 7) is 1.97.